The number of ether oxygens (including phenoxy) is 2. The standard InChI is InChI=1S/C29H47ClN4O4/c1-4-25(31-2)26(18-21-10-6-5-7-11-21)33-28(35)34-16-9-13-23(20-34)27(22-12-8-14-24(30)19-22)38-17-15-32-29(36)37-3/h8,12,14,19,21,23,25-27,31H,4-7,9-11,13,15-18,20H2,1-3H3,(H,32,36)(H,33,35)/t23?,25?,26-,27+/m1/s1. The van der Waals surface area contributed by atoms with Crippen LogP contribution in [0, 0.1) is 11.8 Å². The number of nitrogens with zero attached hydrogens (tertiary/aromatic N) is 1. The number of benzene rings is 1. The Balaban J connectivity index is 1.67. The number of methoxy groups -OCH3 is 1. The van der Waals surface area contributed by atoms with E-state index in [1.165, 1.54) is 39.2 Å². The number of amides is 3. The number of halogens is 1. The molecule has 1 saturated carbocycles. The van der Waals surface area contributed by atoms with Crippen LogP contribution in [0.1, 0.15) is 76.4 Å². The quantitative estimate of drug-likeness (QED) is 0.298. The molecular formula is C29H47ClN4O4. The summed E-state index contributed by atoms with van der Waals surface area (Å²) >= 11 is 6.31. The van der Waals surface area contributed by atoms with Crippen molar-refractivity contribution >= 4 is 23.7 Å². The second-order valence-corrected chi connectivity index (χ2v) is 11.1. The van der Waals surface area contributed by atoms with Crippen LogP contribution in [0.5, 0.6) is 0 Å². The van der Waals surface area contributed by atoms with Crippen molar-refractivity contribution in [1.29, 1.82) is 0 Å². The van der Waals surface area contributed by atoms with E-state index in [1.807, 2.05) is 36.2 Å². The Labute approximate surface area is 233 Å². The summed E-state index contributed by atoms with van der Waals surface area (Å²) in [4.78, 5) is 27.0. The van der Waals surface area contributed by atoms with Crippen LogP contribution in [-0.2, 0) is 9.47 Å². The average Bonchev–Trinajstić information content (AvgIpc) is 2.94. The van der Waals surface area contributed by atoms with Gasteiger partial charge in [-0.15, -0.1) is 0 Å². The number of rotatable bonds is 12. The molecule has 2 fully saturated rings. The Morgan fingerprint density at radius 1 is 1.13 bits per heavy atom. The SMILES string of the molecule is CCC(NC)[C@@H](CC1CCCCC1)NC(=O)N1CCCC([C@@H](OCCNC(=O)OC)c2cccc(Cl)c2)C1. The lowest BCUT2D eigenvalue weighted by Gasteiger charge is -2.39. The summed E-state index contributed by atoms with van der Waals surface area (Å²) in [6.45, 7) is 4.20. The summed E-state index contributed by atoms with van der Waals surface area (Å²) in [5.41, 5.74) is 0.985. The van der Waals surface area contributed by atoms with Crippen LogP contribution in [0.25, 0.3) is 0 Å². The van der Waals surface area contributed by atoms with E-state index in [-0.39, 0.29) is 30.1 Å². The normalized spacial score (nSPS) is 20.8. The van der Waals surface area contributed by atoms with Crippen molar-refractivity contribution in [1.82, 2.24) is 20.9 Å². The summed E-state index contributed by atoms with van der Waals surface area (Å²) in [6.07, 6.45) is 9.62. The number of hydrogen-bond donors (Lipinski definition) is 3. The highest BCUT2D eigenvalue weighted by Gasteiger charge is 2.33. The first-order valence-electron chi connectivity index (χ1n) is 14.4. The molecule has 1 aromatic carbocycles. The maximum atomic E-state index is 13.6. The Morgan fingerprint density at radius 2 is 1.92 bits per heavy atom. The zero-order valence-electron chi connectivity index (χ0n) is 23.3. The second kappa shape index (κ2) is 16.2. The van der Waals surface area contributed by atoms with Crippen molar-refractivity contribution in [2.75, 3.05) is 40.4 Å². The molecule has 3 rings (SSSR count). The van der Waals surface area contributed by atoms with Gasteiger partial charge in [0.1, 0.15) is 0 Å². The molecule has 9 heteroatoms. The second-order valence-electron chi connectivity index (χ2n) is 10.7. The monoisotopic (exact) mass is 550 g/mol. The molecule has 4 atom stereocenters. The maximum absolute atomic E-state index is 13.6. The van der Waals surface area contributed by atoms with Gasteiger partial charge in [-0.05, 0) is 56.3 Å². The Morgan fingerprint density at radius 3 is 2.61 bits per heavy atom. The van der Waals surface area contributed by atoms with Gasteiger partial charge in [0.05, 0.1) is 19.8 Å². The highest BCUT2D eigenvalue weighted by atomic mass is 35.5. The minimum absolute atomic E-state index is 0.0152. The molecule has 0 radical (unpaired) electrons. The van der Waals surface area contributed by atoms with Crippen molar-refractivity contribution in [2.24, 2.45) is 11.8 Å². The molecule has 2 aliphatic rings. The highest BCUT2D eigenvalue weighted by molar-refractivity contribution is 6.30. The molecule has 1 aliphatic heterocycles. The van der Waals surface area contributed by atoms with E-state index < -0.39 is 6.09 Å². The molecule has 0 spiro atoms. The molecular weight excluding hydrogens is 504 g/mol. The summed E-state index contributed by atoms with van der Waals surface area (Å²) in [5.74, 6) is 0.805. The fourth-order valence-corrected chi connectivity index (χ4v) is 6.28. The fourth-order valence-electron chi connectivity index (χ4n) is 6.09. The number of hydrogen-bond acceptors (Lipinski definition) is 5. The van der Waals surface area contributed by atoms with E-state index in [0.29, 0.717) is 30.6 Å². The van der Waals surface area contributed by atoms with Crippen LogP contribution in [0.3, 0.4) is 0 Å². The molecule has 1 aliphatic carbocycles. The van der Waals surface area contributed by atoms with Crippen LogP contribution >= 0.6 is 11.6 Å². The number of carbonyl (C=O) groups excluding carboxylic acids is 2. The van der Waals surface area contributed by atoms with Crippen LogP contribution < -0.4 is 16.0 Å². The van der Waals surface area contributed by atoms with E-state index in [2.05, 4.69) is 27.6 Å². The predicted molar refractivity (Wildman–Crippen MR) is 152 cm³/mol. The van der Waals surface area contributed by atoms with Crippen LogP contribution in [0.15, 0.2) is 24.3 Å². The lowest BCUT2D eigenvalue weighted by atomic mass is 9.83. The smallest absolute Gasteiger partial charge is 0.406 e. The molecule has 2 unspecified atom stereocenters. The van der Waals surface area contributed by atoms with Gasteiger partial charge in [-0.3, -0.25) is 0 Å². The molecule has 0 bridgehead atoms. The van der Waals surface area contributed by atoms with Crippen molar-refractivity contribution < 1.29 is 19.1 Å². The van der Waals surface area contributed by atoms with E-state index in [1.54, 1.807) is 0 Å². The summed E-state index contributed by atoms with van der Waals surface area (Å²) < 4.78 is 11.0. The van der Waals surface area contributed by atoms with E-state index in [4.69, 9.17) is 16.3 Å². The number of urea groups is 1. The topological polar surface area (TPSA) is 91.9 Å². The summed E-state index contributed by atoms with van der Waals surface area (Å²) in [6, 6.07) is 8.10. The molecule has 0 aromatic heterocycles. The van der Waals surface area contributed by atoms with Crippen molar-refractivity contribution in [3.8, 4) is 0 Å². The van der Waals surface area contributed by atoms with Gasteiger partial charge in [0, 0.05) is 42.7 Å². The first kappa shape index (κ1) is 30.5. The van der Waals surface area contributed by atoms with Crippen LogP contribution in [0.2, 0.25) is 5.02 Å². The Kier molecular flexibility index (Phi) is 13.0. The van der Waals surface area contributed by atoms with Gasteiger partial charge < -0.3 is 30.3 Å². The molecule has 38 heavy (non-hydrogen) atoms. The summed E-state index contributed by atoms with van der Waals surface area (Å²) in [5, 5.41) is 10.2. The van der Waals surface area contributed by atoms with Gasteiger partial charge in [-0.1, -0.05) is 62.8 Å². The zero-order valence-corrected chi connectivity index (χ0v) is 24.1. The molecule has 214 valence electrons. The third-order valence-electron chi connectivity index (χ3n) is 8.12. The van der Waals surface area contributed by atoms with Gasteiger partial charge in [0.2, 0.25) is 0 Å². The van der Waals surface area contributed by atoms with Gasteiger partial charge in [0.15, 0.2) is 0 Å². The van der Waals surface area contributed by atoms with Gasteiger partial charge in [-0.25, -0.2) is 9.59 Å². The van der Waals surface area contributed by atoms with Crippen molar-refractivity contribution in [3.05, 3.63) is 34.9 Å². The van der Waals surface area contributed by atoms with E-state index in [0.717, 1.165) is 37.8 Å². The molecule has 1 heterocycles. The molecule has 3 N–H and O–H groups in total. The highest BCUT2D eigenvalue weighted by Crippen LogP contribution is 2.34. The van der Waals surface area contributed by atoms with Crippen LogP contribution in [-0.4, -0.2) is 69.5 Å². The number of alkyl carbamates (subject to hydrolysis) is 1. The van der Waals surface area contributed by atoms with Crippen LogP contribution in [0.4, 0.5) is 9.59 Å². The third kappa shape index (κ3) is 9.31. The largest absolute Gasteiger partial charge is 0.453 e. The number of likely N-dealkylation sites (N-methyl/N-ethyl adjacent to an activating group) is 1. The molecule has 1 aromatic rings. The first-order valence-corrected chi connectivity index (χ1v) is 14.7. The number of nitrogens with one attached hydrogen (secondary N) is 3. The average molecular weight is 551 g/mol. The molecule has 3 amide bonds. The predicted octanol–water partition coefficient (Wildman–Crippen LogP) is 5.51. The lowest BCUT2D eigenvalue weighted by molar-refractivity contribution is -0.00872. The zero-order chi connectivity index (χ0) is 27.3. The lowest BCUT2D eigenvalue weighted by Crippen LogP contribution is -2.55. The van der Waals surface area contributed by atoms with Crippen molar-refractivity contribution in [2.45, 2.75) is 82.9 Å². The minimum Gasteiger partial charge on any atom is -0.453 e. The number of likely N-dealkylation sites (tertiary alicyclic amines) is 1. The third-order valence-corrected chi connectivity index (χ3v) is 8.36. The number of carbonyl (C=O) groups is 2. The minimum atomic E-state index is -0.483. The van der Waals surface area contributed by atoms with Crippen molar-refractivity contribution in [3.63, 3.8) is 0 Å². The van der Waals surface area contributed by atoms with Gasteiger partial charge in [0.25, 0.3) is 0 Å². The first-order chi connectivity index (χ1) is 18.4. The molecule has 8 nitrogen and oxygen atoms in total. The Bertz CT molecular complexity index is 863. The van der Waals surface area contributed by atoms with E-state index in [9.17, 15) is 9.59 Å². The van der Waals surface area contributed by atoms with Gasteiger partial charge in [-0.2, -0.15) is 0 Å². The maximum Gasteiger partial charge on any atom is 0.406 e. The summed E-state index contributed by atoms with van der Waals surface area (Å²) in [7, 11) is 3.33. The van der Waals surface area contributed by atoms with E-state index >= 15 is 0 Å². The fraction of sp³-hybridized carbons (Fsp3) is 0.724. The number of piperidine rings is 1. The molecule has 1 saturated heterocycles. The van der Waals surface area contributed by atoms with Gasteiger partial charge >= 0.3 is 12.1 Å². The Hall–Kier alpha value is -2.03.